The van der Waals surface area contributed by atoms with Crippen LogP contribution in [-0.2, 0) is 11.3 Å². The fourth-order valence-corrected chi connectivity index (χ4v) is 1.60. The van der Waals surface area contributed by atoms with Crippen molar-refractivity contribution in [3.8, 4) is 0 Å². The van der Waals surface area contributed by atoms with E-state index in [-0.39, 0.29) is 18.4 Å². The van der Waals surface area contributed by atoms with E-state index in [0.29, 0.717) is 12.2 Å². The van der Waals surface area contributed by atoms with Crippen LogP contribution in [0, 0.1) is 0 Å². The van der Waals surface area contributed by atoms with E-state index in [0.717, 1.165) is 5.69 Å². The number of aryl methyl sites for hydroxylation is 1. The van der Waals surface area contributed by atoms with Crippen LogP contribution in [0.1, 0.15) is 42.9 Å². The zero-order chi connectivity index (χ0) is 13.9. The fourth-order valence-electron chi connectivity index (χ4n) is 1.60. The summed E-state index contributed by atoms with van der Waals surface area (Å²) in [6.07, 6.45) is 0. The molecule has 6 nitrogen and oxygen atoms in total. The molecule has 1 aromatic rings. The highest BCUT2D eigenvalue weighted by Crippen LogP contribution is 2.15. The van der Waals surface area contributed by atoms with E-state index >= 15 is 0 Å². The highest BCUT2D eigenvalue weighted by atomic mass is 16.4. The van der Waals surface area contributed by atoms with Gasteiger partial charge in [-0.05, 0) is 18.9 Å². The summed E-state index contributed by atoms with van der Waals surface area (Å²) in [5, 5.41) is 13.0. The van der Waals surface area contributed by atoms with Crippen molar-refractivity contribution in [2.75, 3.05) is 13.6 Å². The van der Waals surface area contributed by atoms with Gasteiger partial charge in [-0.15, -0.1) is 0 Å². The van der Waals surface area contributed by atoms with Crippen molar-refractivity contribution in [2.24, 2.45) is 0 Å². The minimum absolute atomic E-state index is 0.231. The number of hydrogen-bond acceptors (Lipinski definition) is 3. The van der Waals surface area contributed by atoms with Crippen LogP contribution in [0.25, 0.3) is 0 Å². The van der Waals surface area contributed by atoms with Crippen molar-refractivity contribution < 1.29 is 14.7 Å². The quantitative estimate of drug-likeness (QED) is 0.855. The first kappa shape index (κ1) is 14.2. The molecule has 0 fully saturated rings. The Balaban J connectivity index is 3.00. The van der Waals surface area contributed by atoms with Gasteiger partial charge in [-0.25, -0.2) is 0 Å². The van der Waals surface area contributed by atoms with Crippen LogP contribution < -0.4 is 0 Å². The number of likely N-dealkylation sites (N-methyl/N-ethyl adjacent to an activating group) is 1. The molecular formula is C12H19N3O3. The maximum atomic E-state index is 12.1. The number of aliphatic carboxylic acids is 1. The normalized spacial score (nSPS) is 10.7. The number of hydrogen-bond donors (Lipinski definition) is 1. The van der Waals surface area contributed by atoms with Gasteiger partial charge in [-0.1, -0.05) is 13.8 Å². The molecule has 0 atom stereocenters. The van der Waals surface area contributed by atoms with Gasteiger partial charge in [0.05, 0.1) is 5.69 Å². The average molecular weight is 253 g/mol. The molecule has 1 aromatic heterocycles. The van der Waals surface area contributed by atoms with E-state index in [4.69, 9.17) is 5.11 Å². The molecule has 0 saturated carbocycles. The Labute approximate surface area is 106 Å². The number of nitrogens with zero attached hydrogens (tertiary/aromatic N) is 3. The lowest BCUT2D eigenvalue weighted by Crippen LogP contribution is -2.33. The third-order valence-electron chi connectivity index (χ3n) is 2.63. The lowest BCUT2D eigenvalue weighted by molar-refractivity contribution is -0.137. The number of aromatic nitrogens is 2. The van der Waals surface area contributed by atoms with E-state index in [2.05, 4.69) is 5.10 Å². The van der Waals surface area contributed by atoms with Gasteiger partial charge in [0, 0.05) is 13.6 Å². The molecule has 100 valence electrons. The smallest absolute Gasteiger partial charge is 0.323 e. The maximum absolute atomic E-state index is 12.1. The summed E-state index contributed by atoms with van der Waals surface area (Å²) in [7, 11) is 1.47. The summed E-state index contributed by atoms with van der Waals surface area (Å²) in [5.41, 5.74) is 1.27. The fraction of sp³-hybridized carbons (Fsp3) is 0.583. The molecule has 6 heteroatoms. The number of carboxylic acid groups (broad SMARTS) is 1. The summed E-state index contributed by atoms with van der Waals surface area (Å²) in [6.45, 7) is 6.15. The first-order valence-electron chi connectivity index (χ1n) is 5.91. The summed E-state index contributed by atoms with van der Waals surface area (Å²) < 4.78 is 1.61. The van der Waals surface area contributed by atoms with E-state index in [1.165, 1.54) is 11.9 Å². The predicted molar refractivity (Wildman–Crippen MR) is 66.6 cm³/mol. The highest BCUT2D eigenvalue weighted by Gasteiger charge is 2.20. The standard InChI is InChI=1S/C12H19N3O3/c1-5-15-10(6-9(13-15)8(2)3)12(18)14(4)7-11(16)17/h6,8H,5,7H2,1-4H3,(H,16,17). The molecule has 0 aliphatic heterocycles. The third kappa shape index (κ3) is 3.09. The number of carbonyl (C=O) groups excluding carboxylic acids is 1. The molecule has 0 aromatic carbocycles. The lowest BCUT2D eigenvalue weighted by atomic mass is 10.1. The van der Waals surface area contributed by atoms with E-state index < -0.39 is 5.97 Å². The van der Waals surface area contributed by atoms with Crippen LogP contribution in [0.4, 0.5) is 0 Å². The summed E-state index contributed by atoms with van der Waals surface area (Å²) in [6, 6.07) is 1.73. The minimum atomic E-state index is -1.03. The van der Waals surface area contributed by atoms with Gasteiger partial charge in [-0.3, -0.25) is 14.3 Å². The topological polar surface area (TPSA) is 75.4 Å². The summed E-state index contributed by atoms with van der Waals surface area (Å²) in [4.78, 5) is 23.9. The number of carbonyl (C=O) groups is 2. The zero-order valence-corrected chi connectivity index (χ0v) is 11.2. The van der Waals surface area contributed by atoms with E-state index in [1.807, 2.05) is 20.8 Å². The second-order valence-corrected chi connectivity index (χ2v) is 4.48. The molecule has 0 spiro atoms. The van der Waals surface area contributed by atoms with Crippen LogP contribution in [0.2, 0.25) is 0 Å². The van der Waals surface area contributed by atoms with Crippen LogP contribution >= 0.6 is 0 Å². The van der Waals surface area contributed by atoms with Crippen molar-refractivity contribution in [2.45, 2.75) is 33.2 Å². The predicted octanol–water partition coefficient (Wildman–Crippen LogP) is 1.18. The zero-order valence-electron chi connectivity index (χ0n) is 11.2. The molecule has 0 bridgehead atoms. The van der Waals surface area contributed by atoms with Gasteiger partial charge in [0.15, 0.2) is 0 Å². The second kappa shape index (κ2) is 5.66. The van der Waals surface area contributed by atoms with Crippen molar-refractivity contribution in [1.29, 1.82) is 0 Å². The third-order valence-corrected chi connectivity index (χ3v) is 2.63. The molecule has 18 heavy (non-hydrogen) atoms. The Bertz CT molecular complexity index is 451. The van der Waals surface area contributed by atoms with Crippen molar-refractivity contribution in [3.05, 3.63) is 17.5 Å². The Morgan fingerprint density at radius 1 is 1.50 bits per heavy atom. The number of rotatable bonds is 5. The molecule has 0 unspecified atom stereocenters. The molecule has 0 aliphatic rings. The molecule has 0 aliphatic carbocycles. The SMILES string of the molecule is CCn1nc(C(C)C)cc1C(=O)N(C)CC(=O)O. The summed E-state index contributed by atoms with van der Waals surface area (Å²) in [5.74, 6) is -1.12. The van der Waals surface area contributed by atoms with Crippen LogP contribution in [0.3, 0.4) is 0 Å². The second-order valence-electron chi connectivity index (χ2n) is 4.48. The Hall–Kier alpha value is -1.85. The van der Waals surface area contributed by atoms with Gasteiger partial charge in [0.2, 0.25) is 0 Å². The Morgan fingerprint density at radius 2 is 2.11 bits per heavy atom. The molecule has 1 N–H and O–H groups in total. The Kier molecular flexibility index (Phi) is 4.47. The molecule has 0 radical (unpaired) electrons. The molecular weight excluding hydrogens is 234 g/mol. The van der Waals surface area contributed by atoms with Crippen LogP contribution in [-0.4, -0.2) is 45.3 Å². The van der Waals surface area contributed by atoms with Gasteiger partial charge in [0.25, 0.3) is 5.91 Å². The minimum Gasteiger partial charge on any atom is -0.480 e. The number of amides is 1. The molecule has 1 amide bonds. The van der Waals surface area contributed by atoms with E-state index in [9.17, 15) is 9.59 Å². The Morgan fingerprint density at radius 3 is 2.56 bits per heavy atom. The number of carboxylic acids is 1. The maximum Gasteiger partial charge on any atom is 0.323 e. The van der Waals surface area contributed by atoms with Crippen LogP contribution in [0.5, 0.6) is 0 Å². The van der Waals surface area contributed by atoms with Gasteiger partial charge < -0.3 is 10.0 Å². The highest BCUT2D eigenvalue weighted by molar-refractivity contribution is 5.94. The van der Waals surface area contributed by atoms with Gasteiger partial charge >= 0.3 is 5.97 Å². The molecule has 0 saturated heterocycles. The summed E-state index contributed by atoms with van der Waals surface area (Å²) >= 11 is 0. The van der Waals surface area contributed by atoms with Gasteiger partial charge in [-0.2, -0.15) is 5.10 Å². The molecule has 1 heterocycles. The van der Waals surface area contributed by atoms with Gasteiger partial charge in [0.1, 0.15) is 12.2 Å². The van der Waals surface area contributed by atoms with Crippen LogP contribution in [0.15, 0.2) is 6.07 Å². The first-order valence-corrected chi connectivity index (χ1v) is 5.91. The van der Waals surface area contributed by atoms with Crippen molar-refractivity contribution >= 4 is 11.9 Å². The average Bonchev–Trinajstić information content (AvgIpc) is 2.70. The molecule has 1 rings (SSSR count). The first-order chi connectivity index (χ1) is 8.36. The monoisotopic (exact) mass is 253 g/mol. The van der Waals surface area contributed by atoms with E-state index in [1.54, 1.807) is 10.7 Å². The lowest BCUT2D eigenvalue weighted by Gasteiger charge is -2.14. The largest absolute Gasteiger partial charge is 0.480 e. The van der Waals surface area contributed by atoms with Crippen molar-refractivity contribution in [1.82, 2.24) is 14.7 Å². The van der Waals surface area contributed by atoms with Crippen molar-refractivity contribution in [3.63, 3.8) is 0 Å².